The molecule has 1 atom stereocenters. The van der Waals surface area contributed by atoms with Gasteiger partial charge >= 0.3 is 6.03 Å². The topological polar surface area (TPSA) is 58.5 Å². The predicted octanol–water partition coefficient (Wildman–Crippen LogP) is 0.419. The highest BCUT2D eigenvalue weighted by Crippen LogP contribution is 2.16. The molecular weight excluding hydrogens is 156 g/mol. The maximum atomic E-state index is 11.2. The van der Waals surface area contributed by atoms with Gasteiger partial charge in [-0.25, -0.2) is 9.79 Å². The third-order valence-corrected chi connectivity index (χ3v) is 1.77. The second-order valence-corrected chi connectivity index (χ2v) is 2.57. The van der Waals surface area contributed by atoms with Crippen LogP contribution < -0.4 is 5.32 Å². The van der Waals surface area contributed by atoms with Gasteiger partial charge in [0.1, 0.15) is 0 Å². The van der Waals surface area contributed by atoms with Crippen molar-refractivity contribution in [3.8, 4) is 0 Å². The molecule has 60 valence electrons. The third kappa shape index (κ3) is 0.972. The largest absolute Gasteiger partial charge is 0.344 e. The van der Waals surface area contributed by atoms with E-state index < -0.39 is 6.03 Å². The first-order valence-corrected chi connectivity index (χ1v) is 3.54. The molecule has 0 aromatic heterocycles. The first-order valence-electron chi connectivity index (χ1n) is 3.54. The fraction of sp³-hybridized carbons (Fsp3) is 0.125. The van der Waals surface area contributed by atoms with Crippen LogP contribution in [0.3, 0.4) is 0 Å². The van der Waals surface area contributed by atoms with Gasteiger partial charge in [-0.1, -0.05) is 6.08 Å². The zero-order chi connectivity index (χ0) is 8.55. The van der Waals surface area contributed by atoms with Gasteiger partial charge in [0, 0.05) is 11.9 Å². The monoisotopic (exact) mass is 162 g/mol. The Balaban J connectivity index is 2.40. The average Bonchev–Trinajstić information content (AvgIpc) is 2.04. The number of allylic oxidation sites excluding steroid dienone is 4. The van der Waals surface area contributed by atoms with Crippen molar-refractivity contribution in [1.29, 1.82) is 0 Å². The number of carbonyl (C=O) groups is 2. The SMILES string of the molecule is O=C1N=CC2C(=O)C=CC=C2N1. The van der Waals surface area contributed by atoms with Crippen molar-refractivity contribution in [1.82, 2.24) is 5.32 Å². The number of urea groups is 1. The van der Waals surface area contributed by atoms with E-state index in [1.54, 1.807) is 12.2 Å². The molecule has 0 radical (unpaired) electrons. The molecule has 1 unspecified atom stereocenters. The van der Waals surface area contributed by atoms with Gasteiger partial charge in [-0.05, 0) is 12.2 Å². The minimum Gasteiger partial charge on any atom is -0.309 e. The van der Waals surface area contributed by atoms with Crippen molar-refractivity contribution in [3.63, 3.8) is 0 Å². The predicted molar refractivity (Wildman–Crippen MR) is 42.7 cm³/mol. The number of rotatable bonds is 0. The first-order chi connectivity index (χ1) is 5.77. The van der Waals surface area contributed by atoms with Crippen molar-refractivity contribution in [2.45, 2.75) is 0 Å². The number of amides is 2. The molecule has 0 spiro atoms. The second kappa shape index (κ2) is 2.41. The van der Waals surface area contributed by atoms with E-state index in [2.05, 4.69) is 10.3 Å². The van der Waals surface area contributed by atoms with Crippen LogP contribution in [-0.4, -0.2) is 18.0 Å². The lowest BCUT2D eigenvalue weighted by atomic mass is 9.96. The molecular formula is C8H6N2O2. The highest BCUT2D eigenvalue weighted by atomic mass is 16.2. The van der Waals surface area contributed by atoms with Gasteiger partial charge in [0.15, 0.2) is 5.78 Å². The van der Waals surface area contributed by atoms with Crippen LogP contribution in [0.15, 0.2) is 28.9 Å². The molecule has 0 saturated heterocycles. The van der Waals surface area contributed by atoms with Crippen LogP contribution in [0, 0.1) is 5.92 Å². The lowest BCUT2D eigenvalue weighted by Crippen LogP contribution is -2.35. The van der Waals surface area contributed by atoms with Crippen LogP contribution in [0.5, 0.6) is 0 Å². The molecule has 0 aromatic carbocycles. The highest BCUT2D eigenvalue weighted by Gasteiger charge is 2.25. The van der Waals surface area contributed by atoms with E-state index in [0.29, 0.717) is 5.70 Å². The van der Waals surface area contributed by atoms with E-state index in [4.69, 9.17) is 0 Å². The van der Waals surface area contributed by atoms with Gasteiger partial charge in [0.25, 0.3) is 0 Å². The summed E-state index contributed by atoms with van der Waals surface area (Å²) in [6.45, 7) is 0. The van der Waals surface area contributed by atoms with Crippen molar-refractivity contribution in [2.75, 3.05) is 0 Å². The Morgan fingerprint density at radius 2 is 2.25 bits per heavy atom. The summed E-state index contributed by atoms with van der Waals surface area (Å²) in [5, 5.41) is 2.50. The normalized spacial score (nSPS) is 26.3. The summed E-state index contributed by atoms with van der Waals surface area (Å²) in [6.07, 6.45) is 6.16. The van der Waals surface area contributed by atoms with Crippen LogP contribution >= 0.6 is 0 Å². The maximum absolute atomic E-state index is 11.2. The fourth-order valence-corrected chi connectivity index (χ4v) is 1.18. The molecule has 0 bridgehead atoms. The molecule has 0 aromatic rings. The number of nitrogens with zero attached hydrogens (tertiary/aromatic N) is 1. The summed E-state index contributed by atoms with van der Waals surface area (Å²) in [4.78, 5) is 25.4. The third-order valence-electron chi connectivity index (χ3n) is 1.77. The summed E-state index contributed by atoms with van der Waals surface area (Å²) < 4.78 is 0. The molecule has 2 aliphatic rings. The van der Waals surface area contributed by atoms with E-state index in [1.807, 2.05) is 0 Å². The molecule has 1 heterocycles. The highest BCUT2D eigenvalue weighted by molar-refractivity contribution is 6.09. The zero-order valence-electron chi connectivity index (χ0n) is 6.15. The lowest BCUT2D eigenvalue weighted by Gasteiger charge is -2.19. The van der Waals surface area contributed by atoms with Crippen molar-refractivity contribution in [3.05, 3.63) is 23.9 Å². The molecule has 1 aliphatic carbocycles. The van der Waals surface area contributed by atoms with Crippen LogP contribution in [0.1, 0.15) is 0 Å². The van der Waals surface area contributed by atoms with Crippen LogP contribution in [0.2, 0.25) is 0 Å². The van der Waals surface area contributed by atoms with Gasteiger partial charge in [-0.3, -0.25) is 4.79 Å². The van der Waals surface area contributed by atoms with Crippen molar-refractivity contribution >= 4 is 18.0 Å². The molecule has 12 heavy (non-hydrogen) atoms. The standard InChI is InChI=1S/C8H6N2O2/c11-7-3-1-2-6-5(7)4-9-8(12)10-6/h1-5H,(H,10,12). The van der Waals surface area contributed by atoms with Gasteiger partial charge in [0.2, 0.25) is 0 Å². The fourth-order valence-electron chi connectivity index (χ4n) is 1.18. The molecule has 4 nitrogen and oxygen atoms in total. The Morgan fingerprint density at radius 3 is 3.08 bits per heavy atom. The number of carbonyl (C=O) groups excluding carboxylic acids is 2. The van der Waals surface area contributed by atoms with Crippen LogP contribution in [0.4, 0.5) is 4.79 Å². The Hall–Kier alpha value is -1.71. The zero-order valence-corrected chi connectivity index (χ0v) is 6.15. The van der Waals surface area contributed by atoms with E-state index in [0.717, 1.165) is 0 Å². The molecule has 1 N–H and O–H groups in total. The van der Waals surface area contributed by atoms with E-state index in [1.165, 1.54) is 12.3 Å². The minimum atomic E-state index is -0.416. The number of hydrogen-bond donors (Lipinski definition) is 1. The smallest absolute Gasteiger partial charge is 0.309 e. The summed E-state index contributed by atoms with van der Waals surface area (Å²) in [7, 11) is 0. The van der Waals surface area contributed by atoms with E-state index in [9.17, 15) is 9.59 Å². The number of nitrogens with one attached hydrogen (secondary N) is 1. The first kappa shape index (κ1) is 6.97. The Labute approximate surface area is 68.7 Å². The van der Waals surface area contributed by atoms with Gasteiger partial charge in [-0.15, -0.1) is 0 Å². The number of hydrogen-bond acceptors (Lipinski definition) is 2. The molecule has 2 amide bonds. The summed E-state index contributed by atoms with van der Waals surface area (Å²) in [5.41, 5.74) is 0.613. The van der Waals surface area contributed by atoms with Gasteiger partial charge in [-0.2, -0.15) is 0 Å². The van der Waals surface area contributed by atoms with E-state index in [-0.39, 0.29) is 11.7 Å². The van der Waals surface area contributed by atoms with Crippen LogP contribution in [0.25, 0.3) is 0 Å². The number of ketones is 1. The Morgan fingerprint density at radius 1 is 1.42 bits per heavy atom. The molecule has 0 fully saturated rings. The van der Waals surface area contributed by atoms with Crippen molar-refractivity contribution < 1.29 is 9.59 Å². The van der Waals surface area contributed by atoms with Crippen molar-refractivity contribution in [2.24, 2.45) is 10.9 Å². The maximum Gasteiger partial charge on any atom is 0.344 e. The van der Waals surface area contributed by atoms with Crippen LogP contribution in [-0.2, 0) is 4.79 Å². The second-order valence-electron chi connectivity index (χ2n) is 2.57. The summed E-state index contributed by atoms with van der Waals surface area (Å²) in [5.74, 6) is -0.427. The molecule has 2 rings (SSSR count). The average molecular weight is 162 g/mol. The number of aliphatic imine (C=N–C) groups is 1. The quantitative estimate of drug-likeness (QED) is 0.561. The summed E-state index contributed by atoms with van der Waals surface area (Å²) >= 11 is 0. The number of fused-ring (bicyclic) bond motifs is 1. The Kier molecular flexibility index (Phi) is 1.40. The minimum absolute atomic E-state index is 0.0451. The summed E-state index contributed by atoms with van der Waals surface area (Å²) in [6, 6.07) is -0.416. The Bertz CT molecular complexity index is 339. The molecule has 4 heteroatoms. The van der Waals surface area contributed by atoms with E-state index >= 15 is 0 Å². The molecule has 0 saturated carbocycles. The lowest BCUT2D eigenvalue weighted by molar-refractivity contribution is -0.115. The van der Waals surface area contributed by atoms with Gasteiger partial charge < -0.3 is 5.32 Å². The molecule has 1 aliphatic heterocycles. The van der Waals surface area contributed by atoms with Gasteiger partial charge in [0.05, 0.1) is 5.92 Å².